The fraction of sp³-hybridized carbons (Fsp3) is 0.567. The molecule has 0 spiro atoms. The van der Waals surface area contributed by atoms with Gasteiger partial charge in [0.15, 0.2) is 5.82 Å². The second-order valence-corrected chi connectivity index (χ2v) is 12.0. The molecule has 0 aromatic carbocycles. The number of carbonyl (C=O) groups excluding carboxylic acids is 2. The SMILES string of the molecule is COC1CC(n2cccc(Nc3cc(N(C)C(=O)OC(C)(C)C)nc(/C(=C\N)C(=O)NC4CCC[C@@H](OC)C4)n3)c2=O)C1. The van der Waals surface area contributed by atoms with E-state index in [0.717, 1.165) is 38.3 Å². The van der Waals surface area contributed by atoms with E-state index in [0.29, 0.717) is 6.42 Å². The summed E-state index contributed by atoms with van der Waals surface area (Å²) in [4.78, 5) is 49.9. The summed E-state index contributed by atoms with van der Waals surface area (Å²) >= 11 is 0. The van der Waals surface area contributed by atoms with Crippen molar-refractivity contribution in [3.05, 3.63) is 46.8 Å². The number of hydrogen-bond donors (Lipinski definition) is 3. The van der Waals surface area contributed by atoms with E-state index in [9.17, 15) is 14.4 Å². The van der Waals surface area contributed by atoms with E-state index in [4.69, 9.17) is 19.9 Å². The number of ether oxygens (including phenoxy) is 3. The minimum Gasteiger partial charge on any atom is -0.443 e. The Bertz CT molecular complexity index is 1400. The number of anilines is 3. The van der Waals surface area contributed by atoms with Gasteiger partial charge in [-0.25, -0.2) is 14.8 Å². The topological polar surface area (TPSA) is 163 Å². The van der Waals surface area contributed by atoms with Crippen LogP contribution in [0.4, 0.5) is 22.1 Å². The largest absolute Gasteiger partial charge is 0.443 e. The fourth-order valence-corrected chi connectivity index (χ4v) is 5.21. The molecule has 2 saturated carbocycles. The number of amides is 2. The second-order valence-electron chi connectivity index (χ2n) is 12.0. The second kappa shape index (κ2) is 13.6. The van der Waals surface area contributed by atoms with Crippen LogP contribution in [-0.2, 0) is 19.0 Å². The normalized spacial score (nSPS) is 22.3. The number of pyridine rings is 1. The summed E-state index contributed by atoms with van der Waals surface area (Å²) in [5.74, 6) is -0.137. The third-order valence-corrected chi connectivity index (χ3v) is 7.70. The third kappa shape index (κ3) is 7.90. The minimum absolute atomic E-state index is 0.0207. The fourth-order valence-electron chi connectivity index (χ4n) is 5.21. The predicted octanol–water partition coefficient (Wildman–Crippen LogP) is 3.48. The number of nitrogens with zero attached hydrogens (tertiary/aromatic N) is 4. The van der Waals surface area contributed by atoms with Crippen LogP contribution in [-0.4, -0.2) is 71.7 Å². The quantitative estimate of drug-likeness (QED) is 0.365. The molecule has 2 heterocycles. The first-order valence-electron chi connectivity index (χ1n) is 14.5. The lowest BCUT2D eigenvalue weighted by Crippen LogP contribution is -2.41. The lowest BCUT2D eigenvalue weighted by atomic mass is 9.89. The molecule has 2 fully saturated rings. The van der Waals surface area contributed by atoms with Crippen LogP contribution in [0.2, 0.25) is 0 Å². The number of hydrogen-bond acceptors (Lipinski definition) is 10. The number of aromatic nitrogens is 3. The van der Waals surface area contributed by atoms with E-state index in [-0.39, 0.29) is 58.6 Å². The monoisotopic (exact) mass is 597 g/mol. The highest BCUT2D eigenvalue weighted by Gasteiger charge is 2.31. The maximum Gasteiger partial charge on any atom is 0.415 e. The smallest absolute Gasteiger partial charge is 0.415 e. The number of carbonyl (C=O) groups is 2. The first kappa shape index (κ1) is 32.0. The maximum atomic E-state index is 13.4. The van der Waals surface area contributed by atoms with Gasteiger partial charge in [-0.15, -0.1) is 0 Å². The van der Waals surface area contributed by atoms with Gasteiger partial charge >= 0.3 is 6.09 Å². The average molecular weight is 598 g/mol. The van der Waals surface area contributed by atoms with Gasteiger partial charge in [-0.1, -0.05) is 0 Å². The van der Waals surface area contributed by atoms with Crippen LogP contribution in [0.3, 0.4) is 0 Å². The van der Waals surface area contributed by atoms with Gasteiger partial charge in [-0.05, 0) is 71.4 Å². The van der Waals surface area contributed by atoms with Crippen molar-refractivity contribution >= 4 is 34.9 Å². The van der Waals surface area contributed by atoms with Gasteiger partial charge in [-0.2, -0.15) is 0 Å². The van der Waals surface area contributed by atoms with Crippen molar-refractivity contribution in [2.75, 3.05) is 31.5 Å². The first-order chi connectivity index (χ1) is 20.4. The Morgan fingerprint density at radius 2 is 1.84 bits per heavy atom. The lowest BCUT2D eigenvalue weighted by Gasteiger charge is -2.35. The van der Waals surface area contributed by atoms with Crippen LogP contribution < -0.4 is 26.8 Å². The van der Waals surface area contributed by atoms with Crippen LogP contribution in [0.5, 0.6) is 0 Å². The average Bonchev–Trinajstić information content (AvgIpc) is 2.93. The Kier molecular flexibility index (Phi) is 10.1. The first-order valence-corrected chi connectivity index (χ1v) is 14.5. The zero-order valence-corrected chi connectivity index (χ0v) is 25.8. The Hall–Kier alpha value is -3.97. The number of nitrogens with one attached hydrogen (secondary N) is 2. The molecule has 4 rings (SSSR count). The summed E-state index contributed by atoms with van der Waals surface area (Å²) in [6, 6.07) is 4.85. The highest BCUT2D eigenvalue weighted by molar-refractivity contribution is 6.18. The van der Waals surface area contributed by atoms with E-state index >= 15 is 0 Å². The standard InChI is InChI=1S/C30H43N7O6/c1-30(2,3)43-29(40)36(4)25-16-24(33-23-11-8-12-37(28(23)39)19-14-21(15-19)42-6)34-26(35-25)22(17-31)27(38)32-18-9-7-10-20(13-18)41-5/h8,11-12,16-21H,7,9-10,13-15,31H2,1-6H3,(H,32,38)(H,33,34,35)/b22-17+/t18?,19?,20-,21?/m1/s1. The van der Waals surface area contributed by atoms with Crippen molar-refractivity contribution in [3.8, 4) is 0 Å². The molecule has 2 amide bonds. The van der Waals surface area contributed by atoms with E-state index in [1.54, 1.807) is 57.9 Å². The minimum atomic E-state index is -0.747. The maximum absolute atomic E-state index is 13.4. The Morgan fingerprint density at radius 1 is 1.12 bits per heavy atom. The van der Waals surface area contributed by atoms with Gasteiger partial charge in [-0.3, -0.25) is 14.5 Å². The Labute approximate surface area is 251 Å². The van der Waals surface area contributed by atoms with Gasteiger partial charge in [0.05, 0.1) is 17.8 Å². The van der Waals surface area contributed by atoms with Gasteiger partial charge < -0.3 is 35.1 Å². The predicted molar refractivity (Wildman–Crippen MR) is 163 cm³/mol. The molecule has 0 aliphatic heterocycles. The molecule has 43 heavy (non-hydrogen) atoms. The van der Waals surface area contributed by atoms with Crippen molar-refractivity contribution in [2.45, 2.75) is 89.2 Å². The number of rotatable bonds is 9. The van der Waals surface area contributed by atoms with E-state index < -0.39 is 17.6 Å². The summed E-state index contributed by atoms with van der Waals surface area (Å²) in [5.41, 5.74) is 5.25. The molecule has 0 saturated heterocycles. The Balaban J connectivity index is 1.66. The van der Waals surface area contributed by atoms with Crippen LogP contribution in [0, 0.1) is 0 Å². The van der Waals surface area contributed by atoms with Crippen LogP contribution in [0.1, 0.15) is 71.2 Å². The highest BCUT2D eigenvalue weighted by Crippen LogP contribution is 2.33. The van der Waals surface area contributed by atoms with Gasteiger partial charge in [0, 0.05) is 51.8 Å². The van der Waals surface area contributed by atoms with Gasteiger partial charge in [0.25, 0.3) is 11.5 Å². The molecule has 4 N–H and O–H groups in total. The number of nitrogens with two attached hydrogens (primary N) is 1. The van der Waals surface area contributed by atoms with Crippen LogP contribution in [0.25, 0.3) is 5.57 Å². The molecule has 1 unspecified atom stereocenters. The molecule has 0 bridgehead atoms. The summed E-state index contributed by atoms with van der Waals surface area (Å²) in [6.45, 7) is 5.27. The van der Waals surface area contributed by atoms with Crippen molar-refractivity contribution in [1.29, 1.82) is 0 Å². The summed E-state index contributed by atoms with van der Waals surface area (Å²) in [5, 5.41) is 6.08. The molecule has 0 radical (unpaired) electrons. The molecule has 2 atom stereocenters. The van der Waals surface area contributed by atoms with Gasteiger partial charge in [0.2, 0.25) is 0 Å². The van der Waals surface area contributed by atoms with E-state index in [1.807, 2.05) is 0 Å². The third-order valence-electron chi connectivity index (χ3n) is 7.70. The van der Waals surface area contributed by atoms with Crippen molar-refractivity contribution in [1.82, 2.24) is 19.9 Å². The van der Waals surface area contributed by atoms with Crippen LogP contribution >= 0.6 is 0 Å². The van der Waals surface area contributed by atoms with Gasteiger partial charge in [0.1, 0.15) is 22.9 Å². The molecule has 2 aliphatic rings. The van der Waals surface area contributed by atoms with Crippen molar-refractivity contribution in [2.24, 2.45) is 5.73 Å². The molecule has 13 heteroatoms. The molecular weight excluding hydrogens is 554 g/mol. The molecule has 2 aromatic heterocycles. The Morgan fingerprint density at radius 3 is 2.49 bits per heavy atom. The van der Waals surface area contributed by atoms with Crippen molar-refractivity contribution < 1.29 is 23.8 Å². The van der Waals surface area contributed by atoms with E-state index in [1.165, 1.54) is 18.0 Å². The molecular formula is C30H43N7O6. The summed E-state index contributed by atoms with van der Waals surface area (Å²) in [6.07, 6.45) is 7.27. The zero-order valence-electron chi connectivity index (χ0n) is 25.8. The van der Waals surface area contributed by atoms with Crippen molar-refractivity contribution in [3.63, 3.8) is 0 Å². The number of methoxy groups -OCH3 is 2. The molecule has 13 nitrogen and oxygen atoms in total. The zero-order chi connectivity index (χ0) is 31.3. The molecule has 234 valence electrons. The lowest BCUT2D eigenvalue weighted by molar-refractivity contribution is -0.116. The van der Waals surface area contributed by atoms with E-state index in [2.05, 4.69) is 20.6 Å². The summed E-state index contributed by atoms with van der Waals surface area (Å²) in [7, 11) is 4.83. The highest BCUT2D eigenvalue weighted by atomic mass is 16.6. The molecule has 2 aromatic rings. The van der Waals surface area contributed by atoms with Crippen LogP contribution in [0.15, 0.2) is 35.4 Å². The summed E-state index contributed by atoms with van der Waals surface area (Å²) < 4.78 is 18.0. The molecule has 2 aliphatic carbocycles.